The van der Waals surface area contributed by atoms with E-state index in [1.807, 2.05) is 0 Å². The van der Waals surface area contributed by atoms with Crippen LogP contribution in [0, 0.1) is 5.41 Å². The minimum atomic E-state index is 0.241. The molecule has 1 N–H and O–H groups in total. The fraction of sp³-hybridized carbons (Fsp3) is 0.700. The van der Waals surface area contributed by atoms with Crippen LogP contribution in [0.1, 0.15) is 83.9 Å². The highest BCUT2D eigenvalue weighted by molar-refractivity contribution is 5.29. The summed E-state index contributed by atoms with van der Waals surface area (Å²) in [6.07, 6.45) is 7.02. The molecule has 0 heterocycles. The molecule has 1 aliphatic rings. The average Bonchev–Trinajstić information content (AvgIpc) is 2.45. The van der Waals surface area contributed by atoms with Gasteiger partial charge in [0.2, 0.25) is 0 Å². The van der Waals surface area contributed by atoms with Gasteiger partial charge < -0.3 is 5.32 Å². The maximum atomic E-state index is 3.77. The second-order valence-electron chi connectivity index (χ2n) is 8.35. The molecule has 1 aromatic carbocycles. The normalized spacial score (nSPS) is 20.2. The summed E-state index contributed by atoms with van der Waals surface area (Å²) in [4.78, 5) is 0. The van der Waals surface area contributed by atoms with E-state index in [1.54, 1.807) is 0 Å². The Morgan fingerprint density at radius 2 is 1.62 bits per heavy atom. The first-order valence-electron chi connectivity index (χ1n) is 8.64. The van der Waals surface area contributed by atoms with Gasteiger partial charge in [-0.2, -0.15) is 0 Å². The second kappa shape index (κ2) is 6.52. The molecule has 0 radical (unpaired) electrons. The Hall–Kier alpha value is -0.820. The minimum Gasteiger partial charge on any atom is -0.310 e. The van der Waals surface area contributed by atoms with Gasteiger partial charge in [-0.1, -0.05) is 71.2 Å². The van der Waals surface area contributed by atoms with Crippen molar-refractivity contribution in [2.24, 2.45) is 5.41 Å². The van der Waals surface area contributed by atoms with E-state index in [2.05, 4.69) is 64.2 Å². The largest absolute Gasteiger partial charge is 0.310 e. The summed E-state index contributed by atoms with van der Waals surface area (Å²) in [7, 11) is 0. The van der Waals surface area contributed by atoms with Crippen molar-refractivity contribution in [3.8, 4) is 0 Å². The zero-order chi connectivity index (χ0) is 15.5. The van der Waals surface area contributed by atoms with Gasteiger partial charge >= 0.3 is 0 Å². The first kappa shape index (κ1) is 16.5. The van der Waals surface area contributed by atoms with Crippen molar-refractivity contribution in [2.45, 2.75) is 78.2 Å². The van der Waals surface area contributed by atoms with E-state index < -0.39 is 0 Å². The van der Waals surface area contributed by atoms with Gasteiger partial charge in [0.05, 0.1) is 0 Å². The molecule has 21 heavy (non-hydrogen) atoms. The van der Waals surface area contributed by atoms with E-state index in [0.717, 1.165) is 6.54 Å². The number of nitrogens with one attached hydrogen (secondary N) is 1. The standard InChI is InChI=1S/C20H33N/c1-16(21-15-20(5)13-7-6-8-14-20)17-9-11-18(12-10-17)19(2,3)4/h9-12,16,21H,6-8,13-15H2,1-5H3. The zero-order valence-electron chi connectivity index (χ0n) is 14.6. The summed E-state index contributed by atoms with van der Waals surface area (Å²) < 4.78 is 0. The van der Waals surface area contributed by atoms with E-state index in [0.29, 0.717) is 11.5 Å². The Kier molecular flexibility index (Phi) is 5.14. The third-order valence-corrected chi connectivity index (χ3v) is 5.17. The van der Waals surface area contributed by atoms with Crippen molar-refractivity contribution in [1.29, 1.82) is 0 Å². The highest BCUT2D eigenvalue weighted by Gasteiger charge is 2.26. The smallest absolute Gasteiger partial charge is 0.0292 e. The summed E-state index contributed by atoms with van der Waals surface area (Å²) in [5, 5.41) is 3.77. The van der Waals surface area contributed by atoms with E-state index in [4.69, 9.17) is 0 Å². The summed E-state index contributed by atoms with van der Waals surface area (Å²) in [6, 6.07) is 9.60. The predicted molar refractivity (Wildman–Crippen MR) is 92.8 cm³/mol. The molecular formula is C20H33N. The maximum absolute atomic E-state index is 3.77. The minimum absolute atomic E-state index is 0.241. The molecule has 1 atom stereocenters. The van der Waals surface area contributed by atoms with Gasteiger partial charge in [0.1, 0.15) is 0 Å². The summed E-state index contributed by atoms with van der Waals surface area (Å²) in [5.41, 5.74) is 3.57. The molecule has 1 aliphatic carbocycles. The quantitative estimate of drug-likeness (QED) is 0.759. The fourth-order valence-electron chi connectivity index (χ4n) is 3.37. The van der Waals surface area contributed by atoms with E-state index in [1.165, 1.54) is 43.2 Å². The van der Waals surface area contributed by atoms with Gasteiger partial charge in [-0.15, -0.1) is 0 Å². The monoisotopic (exact) mass is 287 g/mol. The zero-order valence-corrected chi connectivity index (χ0v) is 14.6. The van der Waals surface area contributed by atoms with Crippen LogP contribution in [0.2, 0.25) is 0 Å². The van der Waals surface area contributed by atoms with Gasteiger partial charge in [0.25, 0.3) is 0 Å². The third-order valence-electron chi connectivity index (χ3n) is 5.17. The van der Waals surface area contributed by atoms with Crippen molar-refractivity contribution >= 4 is 0 Å². The molecule has 1 nitrogen and oxygen atoms in total. The lowest BCUT2D eigenvalue weighted by atomic mass is 9.75. The molecule has 0 amide bonds. The highest BCUT2D eigenvalue weighted by atomic mass is 14.9. The Bertz CT molecular complexity index is 432. The lowest BCUT2D eigenvalue weighted by Gasteiger charge is -2.35. The molecule has 0 aromatic heterocycles. The van der Waals surface area contributed by atoms with Gasteiger partial charge in [-0.25, -0.2) is 0 Å². The average molecular weight is 287 g/mol. The van der Waals surface area contributed by atoms with Crippen LogP contribution in [-0.4, -0.2) is 6.54 Å². The molecule has 1 heteroatoms. The Labute approximate surface area is 131 Å². The van der Waals surface area contributed by atoms with Crippen LogP contribution in [0.25, 0.3) is 0 Å². The Morgan fingerprint density at radius 1 is 1.05 bits per heavy atom. The van der Waals surface area contributed by atoms with E-state index in [-0.39, 0.29) is 5.41 Å². The number of hydrogen-bond donors (Lipinski definition) is 1. The molecule has 1 aromatic rings. The van der Waals surface area contributed by atoms with Crippen LogP contribution in [0.5, 0.6) is 0 Å². The fourth-order valence-corrected chi connectivity index (χ4v) is 3.37. The lowest BCUT2D eigenvalue weighted by Crippen LogP contribution is -2.35. The van der Waals surface area contributed by atoms with Gasteiger partial charge in [0.15, 0.2) is 0 Å². The molecule has 0 bridgehead atoms. The number of rotatable bonds is 4. The van der Waals surface area contributed by atoms with Crippen molar-refractivity contribution in [1.82, 2.24) is 5.32 Å². The number of benzene rings is 1. The molecule has 118 valence electrons. The summed E-state index contributed by atoms with van der Waals surface area (Å²) >= 11 is 0. The van der Waals surface area contributed by atoms with Crippen LogP contribution in [0.3, 0.4) is 0 Å². The predicted octanol–water partition coefficient (Wildman–Crippen LogP) is 5.61. The molecule has 1 unspecified atom stereocenters. The topological polar surface area (TPSA) is 12.0 Å². The van der Waals surface area contributed by atoms with Crippen molar-refractivity contribution in [2.75, 3.05) is 6.54 Å². The molecule has 1 saturated carbocycles. The molecular weight excluding hydrogens is 254 g/mol. The van der Waals surface area contributed by atoms with Crippen LogP contribution >= 0.6 is 0 Å². The van der Waals surface area contributed by atoms with Gasteiger partial charge in [0, 0.05) is 12.6 Å². The summed E-state index contributed by atoms with van der Waals surface area (Å²) in [5.74, 6) is 0. The van der Waals surface area contributed by atoms with Crippen molar-refractivity contribution in [3.05, 3.63) is 35.4 Å². The first-order valence-corrected chi connectivity index (χ1v) is 8.64. The Morgan fingerprint density at radius 3 is 2.14 bits per heavy atom. The number of hydrogen-bond acceptors (Lipinski definition) is 1. The summed E-state index contributed by atoms with van der Waals surface area (Å²) in [6.45, 7) is 12.7. The van der Waals surface area contributed by atoms with Crippen LogP contribution in [-0.2, 0) is 5.41 Å². The molecule has 2 rings (SSSR count). The first-order chi connectivity index (χ1) is 9.80. The van der Waals surface area contributed by atoms with Gasteiger partial charge in [-0.3, -0.25) is 0 Å². The molecule has 0 aliphatic heterocycles. The van der Waals surface area contributed by atoms with Crippen LogP contribution in [0.15, 0.2) is 24.3 Å². The van der Waals surface area contributed by atoms with Crippen LogP contribution in [0.4, 0.5) is 0 Å². The second-order valence-corrected chi connectivity index (χ2v) is 8.35. The van der Waals surface area contributed by atoms with Crippen LogP contribution < -0.4 is 5.32 Å². The van der Waals surface area contributed by atoms with E-state index in [9.17, 15) is 0 Å². The highest BCUT2D eigenvalue weighted by Crippen LogP contribution is 2.35. The lowest BCUT2D eigenvalue weighted by molar-refractivity contribution is 0.202. The third kappa shape index (κ3) is 4.57. The molecule has 1 fully saturated rings. The van der Waals surface area contributed by atoms with Crippen molar-refractivity contribution in [3.63, 3.8) is 0 Å². The van der Waals surface area contributed by atoms with E-state index >= 15 is 0 Å². The molecule has 0 saturated heterocycles. The maximum Gasteiger partial charge on any atom is 0.0292 e. The SMILES string of the molecule is CC(NCC1(C)CCCCC1)c1ccc(C(C)(C)C)cc1. The molecule has 0 spiro atoms. The Balaban J connectivity index is 1.92. The van der Waals surface area contributed by atoms with Crippen molar-refractivity contribution < 1.29 is 0 Å². The van der Waals surface area contributed by atoms with Gasteiger partial charge in [-0.05, 0) is 41.7 Å².